The third-order valence-corrected chi connectivity index (χ3v) is 5.32. The molecule has 0 saturated carbocycles. The highest BCUT2D eigenvalue weighted by atomic mass is 32.2. The van der Waals surface area contributed by atoms with Crippen molar-refractivity contribution in [3.63, 3.8) is 0 Å². The molecule has 0 amide bonds. The van der Waals surface area contributed by atoms with Crippen molar-refractivity contribution in [1.29, 1.82) is 0 Å². The molecule has 3 aromatic carbocycles. The Balaban J connectivity index is 1.55. The fourth-order valence-electron chi connectivity index (χ4n) is 2.95. The lowest BCUT2D eigenvalue weighted by molar-refractivity contribution is 0.283. The Hall–Kier alpha value is -3.45. The molecule has 0 heterocycles. The van der Waals surface area contributed by atoms with E-state index in [1.807, 2.05) is 74.5 Å². The lowest BCUT2D eigenvalue weighted by Gasteiger charge is -2.13. The standard InChI is InChI=1S/C26H29N3O3S/c1-3-30-24-14-13-22(16-25(24)31-4-2)18-32-23-12-8-11-21(15-23)17-28-29-26(27)33-19-20-9-6-5-7-10-20/h5-17H,3-4,18-19H2,1-2H3,(H2,27,29). The minimum Gasteiger partial charge on any atom is -0.490 e. The van der Waals surface area contributed by atoms with Crippen molar-refractivity contribution in [1.82, 2.24) is 0 Å². The maximum Gasteiger partial charge on any atom is 0.180 e. The molecule has 0 radical (unpaired) electrons. The summed E-state index contributed by atoms with van der Waals surface area (Å²) in [4.78, 5) is 0. The van der Waals surface area contributed by atoms with Gasteiger partial charge in [-0.2, -0.15) is 5.10 Å². The molecular weight excluding hydrogens is 434 g/mol. The van der Waals surface area contributed by atoms with Crippen molar-refractivity contribution in [2.24, 2.45) is 15.9 Å². The average molecular weight is 464 g/mol. The Bertz CT molecular complexity index is 1070. The smallest absolute Gasteiger partial charge is 0.180 e. The molecule has 0 bridgehead atoms. The van der Waals surface area contributed by atoms with Gasteiger partial charge in [-0.1, -0.05) is 60.3 Å². The quantitative estimate of drug-likeness (QED) is 0.226. The van der Waals surface area contributed by atoms with E-state index in [-0.39, 0.29) is 0 Å². The molecule has 172 valence electrons. The zero-order valence-electron chi connectivity index (χ0n) is 18.9. The summed E-state index contributed by atoms with van der Waals surface area (Å²) in [6.45, 7) is 5.47. The Kier molecular flexibility index (Phi) is 9.66. The van der Waals surface area contributed by atoms with Gasteiger partial charge < -0.3 is 19.9 Å². The van der Waals surface area contributed by atoms with Crippen LogP contribution in [-0.4, -0.2) is 24.6 Å². The summed E-state index contributed by atoms with van der Waals surface area (Å²) in [5, 5.41) is 8.59. The number of nitrogens with zero attached hydrogens (tertiary/aromatic N) is 2. The van der Waals surface area contributed by atoms with Crippen molar-refractivity contribution < 1.29 is 14.2 Å². The normalized spacial score (nSPS) is 11.5. The Labute approximate surface area is 199 Å². The van der Waals surface area contributed by atoms with Crippen LogP contribution in [0.1, 0.15) is 30.5 Å². The lowest BCUT2D eigenvalue weighted by atomic mass is 10.2. The SMILES string of the molecule is CCOc1ccc(COc2cccc(C=NN=C(N)SCc3ccccc3)c2)cc1OCC. The van der Waals surface area contributed by atoms with Crippen LogP contribution in [0.2, 0.25) is 0 Å². The minimum absolute atomic E-state index is 0.411. The van der Waals surface area contributed by atoms with E-state index >= 15 is 0 Å². The zero-order chi connectivity index (χ0) is 23.3. The molecule has 0 aliphatic rings. The van der Waals surface area contributed by atoms with Crippen LogP contribution < -0.4 is 19.9 Å². The summed E-state index contributed by atoms with van der Waals surface area (Å²) in [5.74, 6) is 2.96. The van der Waals surface area contributed by atoms with Crippen LogP contribution in [0.25, 0.3) is 0 Å². The van der Waals surface area contributed by atoms with Gasteiger partial charge in [0.15, 0.2) is 16.7 Å². The lowest BCUT2D eigenvalue weighted by Crippen LogP contribution is -2.06. The van der Waals surface area contributed by atoms with Crippen LogP contribution in [-0.2, 0) is 12.4 Å². The summed E-state index contributed by atoms with van der Waals surface area (Å²) in [5.41, 5.74) is 9.00. The van der Waals surface area contributed by atoms with E-state index in [4.69, 9.17) is 19.9 Å². The van der Waals surface area contributed by atoms with Crippen LogP contribution in [0.5, 0.6) is 17.2 Å². The van der Waals surface area contributed by atoms with Crippen LogP contribution in [0.4, 0.5) is 0 Å². The maximum absolute atomic E-state index is 5.96. The average Bonchev–Trinajstić information content (AvgIpc) is 2.84. The van der Waals surface area contributed by atoms with E-state index < -0.39 is 0 Å². The molecule has 2 N–H and O–H groups in total. The number of thioether (sulfide) groups is 1. The molecule has 0 aliphatic carbocycles. The first-order valence-corrected chi connectivity index (χ1v) is 11.8. The van der Waals surface area contributed by atoms with Gasteiger partial charge in [-0.25, -0.2) is 0 Å². The highest BCUT2D eigenvalue weighted by Crippen LogP contribution is 2.29. The highest BCUT2D eigenvalue weighted by Gasteiger charge is 2.07. The number of amidine groups is 1. The maximum atomic E-state index is 5.96. The third-order valence-electron chi connectivity index (χ3n) is 4.46. The molecule has 0 saturated heterocycles. The number of hydrogen-bond donors (Lipinski definition) is 1. The van der Waals surface area contributed by atoms with Gasteiger partial charge in [0.2, 0.25) is 0 Å². The van der Waals surface area contributed by atoms with Gasteiger partial charge >= 0.3 is 0 Å². The van der Waals surface area contributed by atoms with Gasteiger partial charge in [0.25, 0.3) is 0 Å². The van der Waals surface area contributed by atoms with E-state index in [0.717, 1.165) is 34.1 Å². The molecule has 3 aromatic rings. The minimum atomic E-state index is 0.411. The van der Waals surface area contributed by atoms with Crippen LogP contribution in [0, 0.1) is 0 Å². The van der Waals surface area contributed by atoms with Gasteiger partial charge in [0, 0.05) is 5.75 Å². The van der Waals surface area contributed by atoms with Gasteiger partial charge in [0.1, 0.15) is 12.4 Å². The van der Waals surface area contributed by atoms with Gasteiger partial charge in [0.05, 0.1) is 19.4 Å². The van der Waals surface area contributed by atoms with Crippen molar-refractivity contribution >= 4 is 23.1 Å². The van der Waals surface area contributed by atoms with E-state index in [9.17, 15) is 0 Å². The molecule has 7 heteroatoms. The van der Waals surface area contributed by atoms with E-state index in [2.05, 4.69) is 22.3 Å². The van der Waals surface area contributed by atoms with Gasteiger partial charge in [-0.15, -0.1) is 5.10 Å². The van der Waals surface area contributed by atoms with E-state index in [1.165, 1.54) is 17.3 Å². The molecule has 0 spiro atoms. The second kappa shape index (κ2) is 13.2. The number of rotatable bonds is 11. The van der Waals surface area contributed by atoms with Crippen molar-refractivity contribution in [3.05, 3.63) is 89.5 Å². The Morgan fingerprint density at radius 3 is 2.42 bits per heavy atom. The molecule has 33 heavy (non-hydrogen) atoms. The van der Waals surface area contributed by atoms with Crippen LogP contribution in [0.3, 0.4) is 0 Å². The molecule has 0 aromatic heterocycles. The van der Waals surface area contributed by atoms with Crippen molar-refractivity contribution in [3.8, 4) is 17.2 Å². The molecule has 0 aliphatic heterocycles. The first kappa shape index (κ1) is 24.2. The highest BCUT2D eigenvalue weighted by molar-refractivity contribution is 8.13. The fraction of sp³-hybridized carbons (Fsp3) is 0.231. The summed E-state index contributed by atoms with van der Waals surface area (Å²) >= 11 is 1.45. The van der Waals surface area contributed by atoms with E-state index in [0.29, 0.717) is 25.0 Å². The topological polar surface area (TPSA) is 78.4 Å². The van der Waals surface area contributed by atoms with Gasteiger partial charge in [-0.05, 0) is 54.8 Å². The van der Waals surface area contributed by atoms with Gasteiger partial charge in [-0.3, -0.25) is 0 Å². The second-order valence-corrected chi connectivity index (χ2v) is 7.96. The predicted octanol–water partition coefficient (Wildman–Crippen LogP) is 5.65. The number of ether oxygens (including phenoxy) is 3. The van der Waals surface area contributed by atoms with Crippen molar-refractivity contribution in [2.45, 2.75) is 26.2 Å². The fourth-order valence-corrected chi connectivity index (χ4v) is 3.56. The third kappa shape index (κ3) is 8.20. The largest absolute Gasteiger partial charge is 0.490 e. The summed E-state index contributed by atoms with van der Waals surface area (Å²) < 4.78 is 17.3. The summed E-state index contributed by atoms with van der Waals surface area (Å²) in [6.07, 6.45) is 1.66. The van der Waals surface area contributed by atoms with Crippen LogP contribution in [0.15, 0.2) is 83.0 Å². The molecule has 3 rings (SSSR count). The van der Waals surface area contributed by atoms with Crippen LogP contribution >= 0.6 is 11.8 Å². The Morgan fingerprint density at radius 1 is 0.848 bits per heavy atom. The monoisotopic (exact) mass is 463 g/mol. The molecule has 0 atom stereocenters. The number of nitrogens with two attached hydrogens (primary N) is 1. The molecular formula is C26H29N3O3S. The number of benzene rings is 3. The van der Waals surface area contributed by atoms with Crippen molar-refractivity contribution in [2.75, 3.05) is 13.2 Å². The Morgan fingerprint density at radius 2 is 1.64 bits per heavy atom. The molecule has 0 unspecified atom stereocenters. The molecule has 6 nitrogen and oxygen atoms in total. The zero-order valence-corrected chi connectivity index (χ0v) is 19.8. The number of hydrogen-bond acceptors (Lipinski definition) is 6. The van der Waals surface area contributed by atoms with E-state index in [1.54, 1.807) is 6.21 Å². The second-order valence-electron chi connectivity index (χ2n) is 6.97. The summed E-state index contributed by atoms with van der Waals surface area (Å²) in [7, 11) is 0. The predicted molar refractivity (Wildman–Crippen MR) is 137 cm³/mol. The summed E-state index contributed by atoms with van der Waals surface area (Å²) in [6, 6.07) is 23.6. The first-order chi connectivity index (χ1) is 16.2. The molecule has 0 fully saturated rings. The first-order valence-electron chi connectivity index (χ1n) is 10.8.